The molecule has 1 aromatic carbocycles. The second-order valence-corrected chi connectivity index (χ2v) is 3.84. The first-order chi connectivity index (χ1) is 6.59. The molecular formula is C11H14N2O. The Morgan fingerprint density at radius 3 is 2.86 bits per heavy atom. The predicted molar refractivity (Wildman–Crippen MR) is 56.2 cm³/mol. The van der Waals surface area contributed by atoms with E-state index >= 15 is 0 Å². The van der Waals surface area contributed by atoms with Crippen molar-refractivity contribution in [1.29, 1.82) is 0 Å². The number of nitrogens with two attached hydrogens (primary N) is 1. The average Bonchev–Trinajstić information content (AvgIpc) is 2.15. The molecule has 3 heteroatoms. The summed E-state index contributed by atoms with van der Waals surface area (Å²) in [5.74, 6) is -0.0776. The average molecular weight is 190 g/mol. The van der Waals surface area contributed by atoms with Gasteiger partial charge in [0.15, 0.2) is 0 Å². The van der Waals surface area contributed by atoms with Crippen LogP contribution in [0.15, 0.2) is 12.1 Å². The van der Waals surface area contributed by atoms with Crippen LogP contribution in [0.5, 0.6) is 0 Å². The van der Waals surface area contributed by atoms with Gasteiger partial charge in [-0.05, 0) is 37.0 Å². The molecule has 3 N–H and O–H groups in total. The molecule has 1 aliphatic heterocycles. The minimum absolute atomic E-state index is 0.0776. The van der Waals surface area contributed by atoms with E-state index in [1.165, 1.54) is 5.56 Å². The Morgan fingerprint density at radius 2 is 2.14 bits per heavy atom. The number of rotatable bonds is 0. The van der Waals surface area contributed by atoms with Gasteiger partial charge >= 0.3 is 0 Å². The second kappa shape index (κ2) is 3.10. The maximum atomic E-state index is 11.4. The van der Waals surface area contributed by atoms with Crippen LogP contribution in [-0.2, 0) is 11.2 Å². The zero-order valence-corrected chi connectivity index (χ0v) is 8.42. The van der Waals surface area contributed by atoms with Crippen LogP contribution in [-0.4, -0.2) is 11.9 Å². The zero-order valence-electron chi connectivity index (χ0n) is 8.42. The topological polar surface area (TPSA) is 55.1 Å². The van der Waals surface area contributed by atoms with Crippen LogP contribution in [0.4, 0.5) is 5.69 Å². The molecule has 0 saturated carbocycles. The Morgan fingerprint density at radius 1 is 1.43 bits per heavy atom. The van der Waals surface area contributed by atoms with Gasteiger partial charge in [-0.3, -0.25) is 4.79 Å². The van der Waals surface area contributed by atoms with Crippen molar-refractivity contribution in [3.8, 4) is 0 Å². The molecule has 1 heterocycles. The molecule has 1 unspecified atom stereocenters. The van der Waals surface area contributed by atoms with Crippen molar-refractivity contribution in [2.45, 2.75) is 26.3 Å². The Hall–Kier alpha value is -1.35. The van der Waals surface area contributed by atoms with E-state index in [9.17, 15) is 4.79 Å². The van der Waals surface area contributed by atoms with Crippen molar-refractivity contribution in [1.82, 2.24) is 0 Å². The number of hydrogen-bond donors (Lipinski definition) is 2. The number of amides is 1. The largest absolute Gasteiger partial charge is 0.324 e. The van der Waals surface area contributed by atoms with Gasteiger partial charge in [0.2, 0.25) is 5.91 Å². The second-order valence-electron chi connectivity index (χ2n) is 3.84. The maximum absolute atomic E-state index is 11.4. The SMILES string of the molecule is Cc1ccc2c(c1C)NC(=O)C(N)C2. The van der Waals surface area contributed by atoms with E-state index in [-0.39, 0.29) is 5.91 Å². The first-order valence-corrected chi connectivity index (χ1v) is 4.75. The first-order valence-electron chi connectivity index (χ1n) is 4.75. The molecule has 0 spiro atoms. The number of hydrogen-bond acceptors (Lipinski definition) is 2. The van der Waals surface area contributed by atoms with Gasteiger partial charge in [0.1, 0.15) is 0 Å². The summed E-state index contributed by atoms with van der Waals surface area (Å²) in [7, 11) is 0. The Labute approximate surface area is 83.3 Å². The van der Waals surface area contributed by atoms with Gasteiger partial charge in [0, 0.05) is 5.69 Å². The van der Waals surface area contributed by atoms with Gasteiger partial charge in [-0.15, -0.1) is 0 Å². The van der Waals surface area contributed by atoms with E-state index in [1.54, 1.807) is 0 Å². The summed E-state index contributed by atoms with van der Waals surface area (Å²) in [4.78, 5) is 11.4. The number of benzene rings is 1. The van der Waals surface area contributed by atoms with E-state index < -0.39 is 6.04 Å². The summed E-state index contributed by atoms with van der Waals surface area (Å²) >= 11 is 0. The molecule has 1 aliphatic rings. The monoisotopic (exact) mass is 190 g/mol. The van der Waals surface area contributed by atoms with Crippen molar-refractivity contribution >= 4 is 11.6 Å². The number of nitrogens with one attached hydrogen (secondary N) is 1. The molecule has 0 aliphatic carbocycles. The number of anilines is 1. The fourth-order valence-electron chi connectivity index (χ4n) is 1.76. The molecular weight excluding hydrogens is 176 g/mol. The lowest BCUT2D eigenvalue weighted by atomic mass is 9.94. The third-order valence-electron chi connectivity index (χ3n) is 2.85. The van der Waals surface area contributed by atoms with Crippen molar-refractivity contribution in [3.05, 3.63) is 28.8 Å². The van der Waals surface area contributed by atoms with Crippen LogP contribution >= 0.6 is 0 Å². The van der Waals surface area contributed by atoms with Gasteiger partial charge in [0.25, 0.3) is 0 Å². The molecule has 14 heavy (non-hydrogen) atoms. The highest BCUT2D eigenvalue weighted by Gasteiger charge is 2.23. The molecule has 1 aromatic rings. The van der Waals surface area contributed by atoms with Crippen molar-refractivity contribution in [3.63, 3.8) is 0 Å². The number of carbonyl (C=O) groups is 1. The third kappa shape index (κ3) is 1.30. The van der Waals surface area contributed by atoms with Crippen LogP contribution in [0.25, 0.3) is 0 Å². The molecule has 2 rings (SSSR count). The summed E-state index contributed by atoms with van der Waals surface area (Å²) in [6.07, 6.45) is 0.641. The standard InChI is InChI=1S/C11H14N2O/c1-6-3-4-8-5-9(12)11(14)13-10(8)7(6)2/h3-4,9H,5,12H2,1-2H3,(H,13,14). The number of fused-ring (bicyclic) bond motifs is 1. The fraction of sp³-hybridized carbons (Fsp3) is 0.364. The molecule has 1 amide bonds. The summed E-state index contributed by atoms with van der Waals surface area (Å²) in [6, 6.07) is 3.71. The Bertz CT molecular complexity index is 399. The summed E-state index contributed by atoms with van der Waals surface area (Å²) in [5.41, 5.74) is 10.1. The molecule has 0 aromatic heterocycles. The molecule has 0 fully saturated rings. The van der Waals surface area contributed by atoms with E-state index in [2.05, 4.69) is 11.4 Å². The van der Waals surface area contributed by atoms with Gasteiger partial charge in [-0.1, -0.05) is 12.1 Å². The molecule has 3 nitrogen and oxygen atoms in total. The van der Waals surface area contributed by atoms with E-state index in [0.29, 0.717) is 6.42 Å². The quantitative estimate of drug-likeness (QED) is 0.644. The van der Waals surface area contributed by atoms with Gasteiger partial charge in [0.05, 0.1) is 6.04 Å². The first kappa shape index (κ1) is 9.21. The lowest BCUT2D eigenvalue weighted by Crippen LogP contribution is -2.41. The van der Waals surface area contributed by atoms with Gasteiger partial charge < -0.3 is 11.1 Å². The lowest BCUT2D eigenvalue weighted by molar-refractivity contribution is -0.117. The molecule has 74 valence electrons. The van der Waals surface area contributed by atoms with E-state index in [4.69, 9.17) is 5.73 Å². The Balaban J connectivity index is 2.52. The van der Waals surface area contributed by atoms with Crippen molar-refractivity contribution < 1.29 is 4.79 Å². The predicted octanol–water partition coefficient (Wildman–Crippen LogP) is 1.13. The van der Waals surface area contributed by atoms with Gasteiger partial charge in [-0.2, -0.15) is 0 Å². The molecule has 0 radical (unpaired) electrons. The van der Waals surface area contributed by atoms with E-state index in [1.807, 2.05) is 19.9 Å². The Kier molecular flexibility index (Phi) is 2.04. The van der Waals surface area contributed by atoms with Crippen LogP contribution in [0.2, 0.25) is 0 Å². The highest BCUT2D eigenvalue weighted by molar-refractivity contribution is 5.98. The maximum Gasteiger partial charge on any atom is 0.241 e. The number of aryl methyl sites for hydroxylation is 1. The minimum atomic E-state index is -0.399. The fourth-order valence-corrected chi connectivity index (χ4v) is 1.76. The molecule has 0 saturated heterocycles. The summed E-state index contributed by atoms with van der Waals surface area (Å²) < 4.78 is 0. The molecule has 1 atom stereocenters. The molecule has 0 bridgehead atoms. The summed E-state index contributed by atoms with van der Waals surface area (Å²) in [6.45, 7) is 4.06. The van der Waals surface area contributed by atoms with E-state index in [0.717, 1.165) is 16.8 Å². The summed E-state index contributed by atoms with van der Waals surface area (Å²) in [5, 5.41) is 2.85. The highest BCUT2D eigenvalue weighted by atomic mass is 16.2. The minimum Gasteiger partial charge on any atom is -0.324 e. The zero-order chi connectivity index (χ0) is 10.3. The van der Waals surface area contributed by atoms with Crippen LogP contribution in [0.1, 0.15) is 16.7 Å². The van der Waals surface area contributed by atoms with Gasteiger partial charge in [-0.25, -0.2) is 0 Å². The van der Waals surface area contributed by atoms with Crippen LogP contribution in [0, 0.1) is 13.8 Å². The normalized spacial score (nSPS) is 20.2. The van der Waals surface area contributed by atoms with Crippen LogP contribution in [0.3, 0.4) is 0 Å². The van der Waals surface area contributed by atoms with Crippen molar-refractivity contribution in [2.75, 3.05) is 5.32 Å². The highest BCUT2D eigenvalue weighted by Crippen LogP contribution is 2.27. The van der Waals surface area contributed by atoms with Crippen LogP contribution < -0.4 is 11.1 Å². The lowest BCUT2D eigenvalue weighted by Gasteiger charge is -2.24. The van der Waals surface area contributed by atoms with Crippen molar-refractivity contribution in [2.24, 2.45) is 5.73 Å². The smallest absolute Gasteiger partial charge is 0.241 e. The third-order valence-corrected chi connectivity index (χ3v) is 2.85. The number of carbonyl (C=O) groups excluding carboxylic acids is 1.